The molecule has 0 fully saturated rings. The van der Waals surface area contributed by atoms with Crippen LogP contribution in [0.3, 0.4) is 0 Å². The van der Waals surface area contributed by atoms with Gasteiger partial charge in [-0.15, -0.1) is 0 Å². The van der Waals surface area contributed by atoms with E-state index >= 15 is 0 Å². The third kappa shape index (κ3) is 4.14. The molecule has 0 aliphatic heterocycles. The predicted octanol–water partition coefficient (Wildman–Crippen LogP) is 2.01. The fourth-order valence-electron chi connectivity index (χ4n) is 1.07. The summed E-state index contributed by atoms with van der Waals surface area (Å²) in [5.74, 6) is -0.184. The average molecular weight is 197 g/mol. The van der Waals surface area contributed by atoms with Crippen LogP contribution < -0.4 is 5.73 Å². The van der Waals surface area contributed by atoms with E-state index in [2.05, 4.69) is 0 Å². The Morgan fingerprint density at radius 1 is 1.21 bits per heavy atom. The highest BCUT2D eigenvalue weighted by molar-refractivity contribution is 5.40. The van der Waals surface area contributed by atoms with E-state index in [1.54, 1.807) is 6.07 Å². The largest absolute Gasteiger partial charge is 0.504 e. The molecule has 0 radical (unpaired) electrons. The molecule has 3 heteroatoms. The highest BCUT2D eigenvalue weighted by atomic mass is 16.3. The zero-order valence-corrected chi connectivity index (χ0v) is 8.99. The second-order valence-electron chi connectivity index (χ2n) is 3.00. The minimum Gasteiger partial charge on any atom is -0.504 e. The molecule has 80 valence electrons. The molecule has 14 heavy (non-hydrogen) atoms. The number of nitrogens with two attached hydrogens (primary N) is 1. The van der Waals surface area contributed by atoms with Crippen LogP contribution in [0.4, 0.5) is 0 Å². The first-order chi connectivity index (χ1) is 6.59. The lowest BCUT2D eigenvalue weighted by molar-refractivity contribution is 0.403. The lowest BCUT2D eigenvalue weighted by Gasteiger charge is -2.05. The molecule has 3 nitrogen and oxygen atoms in total. The molecule has 1 unspecified atom stereocenters. The first-order valence-electron chi connectivity index (χ1n) is 4.86. The van der Waals surface area contributed by atoms with Gasteiger partial charge in [0.15, 0.2) is 11.5 Å². The van der Waals surface area contributed by atoms with Crippen LogP contribution in [0.1, 0.15) is 26.3 Å². The maximum Gasteiger partial charge on any atom is 0.157 e. The van der Waals surface area contributed by atoms with Crippen LogP contribution in [0, 0.1) is 0 Å². The molecule has 0 saturated heterocycles. The average Bonchev–Trinajstić information content (AvgIpc) is 2.14. The molecule has 0 amide bonds. The van der Waals surface area contributed by atoms with Crippen LogP contribution >= 0.6 is 0 Å². The van der Waals surface area contributed by atoms with Crippen molar-refractivity contribution >= 4 is 0 Å². The van der Waals surface area contributed by atoms with Crippen LogP contribution in [-0.2, 0) is 6.42 Å². The zero-order chi connectivity index (χ0) is 11.1. The third-order valence-corrected chi connectivity index (χ3v) is 1.60. The van der Waals surface area contributed by atoms with Gasteiger partial charge in [0, 0.05) is 6.04 Å². The molecule has 1 atom stereocenters. The fraction of sp³-hybridized carbons (Fsp3) is 0.455. The van der Waals surface area contributed by atoms with E-state index in [0.717, 1.165) is 5.56 Å². The first kappa shape index (κ1) is 12.8. The summed E-state index contributed by atoms with van der Waals surface area (Å²) in [6, 6.07) is 4.80. The fourth-order valence-corrected chi connectivity index (χ4v) is 1.07. The summed E-state index contributed by atoms with van der Waals surface area (Å²) in [6.45, 7) is 5.89. The second-order valence-corrected chi connectivity index (χ2v) is 3.00. The summed E-state index contributed by atoms with van der Waals surface area (Å²) in [5, 5.41) is 18.1. The van der Waals surface area contributed by atoms with Crippen molar-refractivity contribution < 1.29 is 10.2 Å². The van der Waals surface area contributed by atoms with Gasteiger partial charge in [0.25, 0.3) is 0 Å². The first-order valence-corrected chi connectivity index (χ1v) is 4.86. The standard InChI is InChI=1S/C9H13NO2.C2H6/c1-6(10)4-7-2-3-8(11)9(12)5-7;1-2/h2-3,5-6,11-12H,4,10H2,1H3;1-2H3. The Labute approximate surface area is 85.2 Å². The molecule has 1 rings (SSSR count). The van der Waals surface area contributed by atoms with Gasteiger partial charge in [0.1, 0.15) is 0 Å². The van der Waals surface area contributed by atoms with Crippen molar-refractivity contribution in [1.29, 1.82) is 0 Å². The summed E-state index contributed by atoms with van der Waals surface area (Å²) >= 11 is 0. The summed E-state index contributed by atoms with van der Waals surface area (Å²) < 4.78 is 0. The van der Waals surface area contributed by atoms with Crippen LogP contribution in [0.2, 0.25) is 0 Å². The number of aromatic hydroxyl groups is 2. The molecule has 0 saturated carbocycles. The third-order valence-electron chi connectivity index (χ3n) is 1.60. The summed E-state index contributed by atoms with van der Waals surface area (Å²) in [7, 11) is 0. The Morgan fingerprint density at radius 3 is 2.21 bits per heavy atom. The van der Waals surface area contributed by atoms with E-state index in [1.165, 1.54) is 12.1 Å². The minimum atomic E-state index is -0.0941. The number of benzene rings is 1. The maximum atomic E-state index is 9.12. The van der Waals surface area contributed by atoms with Crippen molar-refractivity contribution in [2.45, 2.75) is 33.2 Å². The maximum absolute atomic E-state index is 9.12. The van der Waals surface area contributed by atoms with E-state index in [4.69, 9.17) is 15.9 Å². The van der Waals surface area contributed by atoms with Crippen molar-refractivity contribution in [3.05, 3.63) is 23.8 Å². The highest BCUT2D eigenvalue weighted by Crippen LogP contribution is 2.25. The molecule has 0 aromatic heterocycles. The topological polar surface area (TPSA) is 66.5 Å². The molecular formula is C11H19NO2. The van der Waals surface area contributed by atoms with Crippen LogP contribution in [0.25, 0.3) is 0 Å². The Morgan fingerprint density at radius 2 is 1.79 bits per heavy atom. The van der Waals surface area contributed by atoms with Gasteiger partial charge in [-0.1, -0.05) is 19.9 Å². The van der Waals surface area contributed by atoms with Gasteiger partial charge in [-0.05, 0) is 31.0 Å². The lowest BCUT2D eigenvalue weighted by Crippen LogP contribution is -2.17. The van der Waals surface area contributed by atoms with E-state index in [0.29, 0.717) is 6.42 Å². The monoisotopic (exact) mass is 197 g/mol. The molecule has 1 aromatic carbocycles. The molecule has 0 bridgehead atoms. The van der Waals surface area contributed by atoms with Crippen molar-refractivity contribution in [3.8, 4) is 11.5 Å². The van der Waals surface area contributed by atoms with Gasteiger partial charge in [-0.25, -0.2) is 0 Å². The number of hydrogen-bond acceptors (Lipinski definition) is 3. The van der Waals surface area contributed by atoms with Crippen LogP contribution in [0.5, 0.6) is 11.5 Å². The molecule has 0 aliphatic rings. The van der Waals surface area contributed by atoms with Gasteiger partial charge < -0.3 is 15.9 Å². The van der Waals surface area contributed by atoms with Gasteiger partial charge in [-0.2, -0.15) is 0 Å². The van der Waals surface area contributed by atoms with Gasteiger partial charge in [0.2, 0.25) is 0 Å². The molecule has 0 heterocycles. The van der Waals surface area contributed by atoms with Gasteiger partial charge in [-0.3, -0.25) is 0 Å². The van der Waals surface area contributed by atoms with Crippen LogP contribution in [0.15, 0.2) is 18.2 Å². The Kier molecular flexibility index (Phi) is 5.72. The summed E-state index contributed by atoms with van der Waals surface area (Å²) in [6.07, 6.45) is 0.702. The second kappa shape index (κ2) is 6.27. The van der Waals surface area contributed by atoms with Crippen molar-refractivity contribution in [1.82, 2.24) is 0 Å². The minimum absolute atomic E-state index is 0.0638. The lowest BCUT2D eigenvalue weighted by atomic mass is 10.1. The van der Waals surface area contributed by atoms with Gasteiger partial charge in [0.05, 0.1) is 0 Å². The molecular weight excluding hydrogens is 178 g/mol. The Bertz CT molecular complexity index is 272. The molecule has 0 spiro atoms. The van der Waals surface area contributed by atoms with E-state index in [9.17, 15) is 0 Å². The van der Waals surface area contributed by atoms with Crippen molar-refractivity contribution in [3.63, 3.8) is 0 Å². The molecule has 0 aliphatic carbocycles. The highest BCUT2D eigenvalue weighted by Gasteiger charge is 2.02. The number of phenols is 2. The number of rotatable bonds is 2. The number of hydrogen-bond donors (Lipinski definition) is 3. The van der Waals surface area contributed by atoms with E-state index in [-0.39, 0.29) is 17.5 Å². The van der Waals surface area contributed by atoms with E-state index < -0.39 is 0 Å². The Balaban J connectivity index is 0.000000791. The SMILES string of the molecule is CC.CC(N)Cc1ccc(O)c(O)c1. The summed E-state index contributed by atoms with van der Waals surface area (Å²) in [5.41, 5.74) is 6.50. The normalized spacial score (nSPS) is 11.4. The predicted molar refractivity (Wildman–Crippen MR) is 58.5 cm³/mol. The van der Waals surface area contributed by atoms with Crippen LogP contribution in [-0.4, -0.2) is 16.3 Å². The van der Waals surface area contributed by atoms with Crippen molar-refractivity contribution in [2.24, 2.45) is 5.73 Å². The number of phenolic OH excluding ortho intramolecular Hbond substituents is 2. The van der Waals surface area contributed by atoms with Crippen molar-refractivity contribution in [2.75, 3.05) is 0 Å². The zero-order valence-electron chi connectivity index (χ0n) is 8.99. The molecule has 4 N–H and O–H groups in total. The van der Waals surface area contributed by atoms with E-state index in [1.807, 2.05) is 20.8 Å². The van der Waals surface area contributed by atoms with Gasteiger partial charge >= 0.3 is 0 Å². The molecule has 1 aromatic rings. The smallest absolute Gasteiger partial charge is 0.157 e. The quantitative estimate of drug-likeness (QED) is 0.635. The Hall–Kier alpha value is -1.22. The summed E-state index contributed by atoms with van der Waals surface area (Å²) in [4.78, 5) is 0.